The Labute approximate surface area is 146 Å². The SMILES string of the molecule is O[C@H]1COC[C@@H]1N1CCCN(C2CCC3(CCNCC3)CC2)CC1. The van der Waals surface area contributed by atoms with E-state index >= 15 is 0 Å². The fraction of sp³-hybridized carbons (Fsp3) is 1.00. The van der Waals surface area contributed by atoms with Gasteiger partial charge in [0, 0.05) is 19.1 Å². The first kappa shape index (κ1) is 17.2. The Morgan fingerprint density at radius 3 is 2.29 bits per heavy atom. The lowest BCUT2D eigenvalue weighted by molar-refractivity contribution is 0.0610. The van der Waals surface area contributed by atoms with Crippen molar-refractivity contribution in [1.82, 2.24) is 15.1 Å². The first-order chi connectivity index (χ1) is 11.8. The zero-order valence-corrected chi connectivity index (χ0v) is 15.1. The van der Waals surface area contributed by atoms with Gasteiger partial charge in [-0.05, 0) is 76.5 Å². The highest BCUT2D eigenvalue weighted by Crippen LogP contribution is 2.44. The van der Waals surface area contributed by atoms with Gasteiger partial charge in [0.1, 0.15) is 0 Å². The van der Waals surface area contributed by atoms with Crippen molar-refractivity contribution in [1.29, 1.82) is 0 Å². The molecule has 3 aliphatic heterocycles. The van der Waals surface area contributed by atoms with Gasteiger partial charge >= 0.3 is 0 Å². The minimum atomic E-state index is -0.286. The molecule has 1 saturated carbocycles. The van der Waals surface area contributed by atoms with Crippen molar-refractivity contribution in [2.24, 2.45) is 5.41 Å². The predicted molar refractivity (Wildman–Crippen MR) is 95.2 cm³/mol. The van der Waals surface area contributed by atoms with E-state index in [0.29, 0.717) is 18.6 Å². The third-order valence-corrected chi connectivity index (χ3v) is 7.25. The Hall–Kier alpha value is -0.200. The molecule has 5 heteroatoms. The van der Waals surface area contributed by atoms with E-state index in [2.05, 4.69) is 15.1 Å². The second-order valence-corrected chi connectivity index (χ2v) is 8.58. The number of hydrogen-bond donors (Lipinski definition) is 2. The summed E-state index contributed by atoms with van der Waals surface area (Å²) in [5.41, 5.74) is 0.672. The fourth-order valence-electron chi connectivity index (χ4n) is 5.57. The summed E-state index contributed by atoms with van der Waals surface area (Å²) in [6.45, 7) is 8.30. The van der Waals surface area contributed by atoms with Crippen molar-refractivity contribution in [3.05, 3.63) is 0 Å². The summed E-state index contributed by atoms with van der Waals surface area (Å²) in [7, 11) is 0. The number of ether oxygens (including phenoxy) is 1. The third-order valence-electron chi connectivity index (χ3n) is 7.25. The highest BCUT2D eigenvalue weighted by atomic mass is 16.5. The number of aliphatic hydroxyl groups excluding tert-OH is 1. The van der Waals surface area contributed by atoms with Crippen LogP contribution in [-0.4, -0.2) is 85.6 Å². The maximum atomic E-state index is 10.1. The molecule has 2 N–H and O–H groups in total. The van der Waals surface area contributed by atoms with Crippen molar-refractivity contribution < 1.29 is 9.84 Å². The minimum absolute atomic E-state index is 0.231. The first-order valence-electron chi connectivity index (χ1n) is 10.2. The van der Waals surface area contributed by atoms with E-state index < -0.39 is 0 Å². The highest BCUT2D eigenvalue weighted by molar-refractivity contribution is 4.93. The van der Waals surface area contributed by atoms with E-state index in [-0.39, 0.29) is 12.1 Å². The van der Waals surface area contributed by atoms with Crippen LogP contribution in [0.5, 0.6) is 0 Å². The number of rotatable bonds is 2. The van der Waals surface area contributed by atoms with E-state index in [9.17, 15) is 5.11 Å². The van der Waals surface area contributed by atoms with Crippen LogP contribution in [0.3, 0.4) is 0 Å². The number of nitrogens with zero attached hydrogens (tertiary/aromatic N) is 2. The Balaban J connectivity index is 1.28. The Morgan fingerprint density at radius 2 is 1.58 bits per heavy atom. The summed E-state index contributed by atoms with van der Waals surface area (Å²) in [5.74, 6) is 0. The summed E-state index contributed by atoms with van der Waals surface area (Å²) in [5, 5.41) is 13.6. The summed E-state index contributed by atoms with van der Waals surface area (Å²) in [4.78, 5) is 5.24. The summed E-state index contributed by atoms with van der Waals surface area (Å²) in [6, 6.07) is 1.03. The molecule has 1 spiro atoms. The molecular formula is C19H35N3O2. The van der Waals surface area contributed by atoms with Gasteiger partial charge in [-0.2, -0.15) is 0 Å². The van der Waals surface area contributed by atoms with Crippen molar-refractivity contribution in [2.45, 2.75) is 63.1 Å². The van der Waals surface area contributed by atoms with Gasteiger partial charge in [0.25, 0.3) is 0 Å². The van der Waals surface area contributed by atoms with Gasteiger partial charge in [-0.3, -0.25) is 9.80 Å². The van der Waals surface area contributed by atoms with Crippen LogP contribution < -0.4 is 5.32 Å². The van der Waals surface area contributed by atoms with Crippen molar-refractivity contribution in [2.75, 3.05) is 52.5 Å². The number of hydrogen-bond acceptors (Lipinski definition) is 5. The van der Waals surface area contributed by atoms with E-state index in [1.54, 1.807) is 0 Å². The van der Waals surface area contributed by atoms with Crippen LogP contribution in [0.15, 0.2) is 0 Å². The molecule has 2 atom stereocenters. The second-order valence-electron chi connectivity index (χ2n) is 8.58. The minimum Gasteiger partial charge on any atom is -0.389 e. The van der Waals surface area contributed by atoms with E-state index in [0.717, 1.165) is 19.1 Å². The van der Waals surface area contributed by atoms with Gasteiger partial charge < -0.3 is 15.2 Å². The lowest BCUT2D eigenvalue weighted by Crippen LogP contribution is -2.47. The number of aliphatic hydroxyl groups is 1. The molecule has 0 aromatic heterocycles. The summed E-state index contributed by atoms with van der Waals surface area (Å²) < 4.78 is 5.46. The van der Waals surface area contributed by atoms with Crippen LogP contribution >= 0.6 is 0 Å². The van der Waals surface area contributed by atoms with E-state index in [1.807, 2.05) is 0 Å². The molecule has 4 rings (SSSR count). The average molecular weight is 338 g/mol. The Bertz CT molecular complexity index is 403. The molecule has 3 heterocycles. The van der Waals surface area contributed by atoms with Crippen LogP contribution in [0, 0.1) is 5.41 Å². The van der Waals surface area contributed by atoms with Crippen molar-refractivity contribution >= 4 is 0 Å². The predicted octanol–water partition coefficient (Wildman–Crippen LogP) is 1.07. The molecule has 4 aliphatic rings. The zero-order chi connectivity index (χ0) is 16.4. The molecular weight excluding hydrogens is 302 g/mol. The highest BCUT2D eigenvalue weighted by Gasteiger charge is 2.38. The van der Waals surface area contributed by atoms with Gasteiger partial charge in [-0.25, -0.2) is 0 Å². The maximum Gasteiger partial charge on any atom is 0.0950 e. The second kappa shape index (κ2) is 7.58. The van der Waals surface area contributed by atoms with Gasteiger partial charge in [-0.15, -0.1) is 0 Å². The Kier molecular flexibility index (Phi) is 5.44. The monoisotopic (exact) mass is 337 g/mol. The van der Waals surface area contributed by atoms with E-state index in [4.69, 9.17) is 4.74 Å². The fourth-order valence-corrected chi connectivity index (χ4v) is 5.57. The van der Waals surface area contributed by atoms with E-state index in [1.165, 1.54) is 71.1 Å². The molecule has 138 valence electrons. The molecule has 0 radical (unpaired) electrons. The van der Waals surface area contributed by atoms with Crippen LogP contribution in [0.25, 0.3) is 0 Å². The van der Waals surface area contributed by atoms with Crippen LogP contribution in [0.4, 0.5) is 0 Å². The summed E-state index contributed by atoms with van der Waals surface area (Å²) in [6.07, 6.45) is 9.41. The smallest absolute Gasteiger partial charge is 0.0950 e. The molecule has 0 bridgehead atoms. The third kappa shape index (κ3) is 3.65. The molecule has 4 fully saturated rings. The Morgan fingerprint density at radius 1 is 0.875 bits per heavy atom. The maximum absolute atomic E-state index is 10.1. The molecule has 5 nitrogen and oxygen atoms in total. The largest absolute Gasteiger partial charge is 0.389 e. The van der Waals surface area contributed by atoms with Gasteiger partial charge in [-0.1, -0.05) is 0 Å². The van der Waals surface area contributed by atoms with Gasteiger partial charge in [0.2, 0.25) is 0 Å². The lowest BCUT2D eigenvalue weighted by atomic mass is 9.67. The molecule has 0 aromatic rings. The van der Waals surface area contributed by atoms with Crippen LogP contribution in [-0.2, 0) is 4.74 Å². The van der Waals surface area contributed by atoms with Crippen molar-refractivity contribution in [3.8, 4) is 0 Å². The first-order valence-corrected chi connectivity index (χ1v) is 10.2. The summed E-state index contributed by atoms with van der Waals surface area (Å²) >= 11 is 0. The quantitative estimate of drug-likeness (QED) is 0.789. The lowest BCUT2D eigenvalue weighted by Gasteiger charge is -2.45. The topological polar surface area (TPSA) is 48.0 Å². The zero-order valence-electron chi connectivity index (χ0n) is 15.1. The average Bonchev–Trinajstić information content (AvgIpc) is 2.89. The molecule has 24 heavy (non-hydrogen) atoms. The molecule has 0 aromatic carbocycles. The van der Waals surface area contributed by atoms with Crippen LogP contribution in [0.2, 0.25) is 0 Å². The standard InChI is InChI=1S/C19H35N3O2/c23-18-15-24-14-17(18)22-11-1-10-21(12-13-22)16-2-4-19(5-3-16)6-8-20-9-7-19/h16-18,20,23H,1-15H2/t17-,18-/m0/s1. The number of piperidine rings is 1. The normalized spacial score (nSPS) is 36.9. The van der Waals surface area contributed by atoms with Crippen molar-refractivity contribution in [3.63, 3.8) is 0 Å². The van der Waals surface area contributed by atoms with Crippen LogP contribution in [0.1, 0.15) is 44.9 Å². The molecule has 0 amide bonds. The van der Waals surface area contributed by atoms with Gasteiger partial charge in [0.05, 0.1) is 25.4 Å². The molecule has 3 saturated heterocycles. The van der Waals surface area contributed by atoms with Gasteiger partial charge in [0.15, 0.2) is 0 Å². The molecule has 1 aliphatic carbocycles. The molecule has 0 unspecified atom stereocenters. The number of nitrogens with one attached hydrogen (secondary N) is 1.